The molecule has 1 heterocycles. The van der Waals surface area contributed by atoms with Crippen molar-refractivity contribution in [2.45, 2.75) is 13.3 Å². The molecular formula is C19H20N2O3. The lowest BCUT2D eigenvalue weighted by molar-refractivity contribution is -0.128. The Morgan fingerprint density at radius 3 is 2.62 bits per heavy atom. The van der Waals surface area contributed by atoms with Gasteiger partial charge in [-0.15, -0.1) is 0 Å². The van der Waals surface area contributed by atoms with Crippen LogP contribution in [0.25, 0.3) is 0 Å². The maximum atomic E-state index is 12.4. The van der Waals surface area contributed by atoms with Crippen molar-refractivity contribution in [3.63, 3.8) is 0 Å². The average Bonchev–Trinajstić information content (AvgIpc) is 2.97. The van der Waals surface area contributed by atoms with Gasteiger partial charge in [0.2, 0.25) is 11.8 Å². The Morgan fingerprint density at radius 2 is 1.92 bits per heavy atom. The summed E-state index contributed by atoms with van der Waals surface area (Å²) in [5.41, 5.74) is 0.663. The topological polar surface area (TPSA) is 58.6 Å². The fraction of sp³-hybridized carbons (Fsp3) is 0.263. The molecule has 1 atom stereocenters. The maximum absolute atomic E-state index is 12.4. The van der Waals surface area contributed by atoms with Crippen LogP contribution in [0, 0.1) is 5.92 Å². The van der Waals surface area contributed by atoms with E-state index in [0.29, 0.717) is 24.5 Å². The van der Waals surface area contributed by atoms with E-state index >= 15 is 0 Å². The van der Waals surface area contributed by atoms with Gasteiger partial charge in [-0.3, -0.25) is 9.59 Å². The molecule has 2 amide bonds. The number of hydrogen-bond donors (Lipinski definition) is 1. The Kier molecular flexibility index (Phi) is 4.79. The predicted molar refractivity (Wildman–Crippen MR) is 91.9 cm³/mol. The summed E-state index contributed by atoms with van der Waals surface area (Å²) < 4.78 is 5.76. The van der Waals surface area contributed by atoms with Crippen LogP contribution in [0.5, 0.6) is 11.5 Å². The monoisotopic (exact) mass is 324 g/mol. The normalized spacial score (nSPS) is 17.0. The molecule has 1 N–H and O–H groups in total. The molecule has 1 aliphatic rings. The molecule has 0 spiro atoms. The van der Waals surface area contributed by atoms with Crippen molar-refractivity contribution in [3.8, 4) is 11.5 Å². The number of carbonyl (C=O) groups excluding carboxylic acids is 2. The molecule has 5 nitrogen and oxygen atoms in total. The number of hydrogen-bond acceptors (Lipinski definition) is 3. The number of amides is 2. The van der Waals surface area contributed by atoms with Crippen molar-refractivity contribution in [1.29, 1.82) is 0 Å². The summed E-state index contributed by atoms with van der Waals surface area (Å²) >= 11 is 0. The SMILES string of the molecule is CCN1CC(C(=O)Nc2cccc(Oc3ccccc3)c2)CC1=O. The molecule has 0 aliphatic carbocycles. The summed E-state index contributed by atoms with van der Waals surface area (Å²) in [7, 11) is 0. The maximum Gasteiger partial charge on any atom is 0.229 e. The number of likely N-dealkylation sites (tertiary alicyclic amines) is 1. The van der Waals surface area contributed by atoms with Crippen molar-refractivity contribution in [3.05, 3.63) is 54.6 Å². The molecule has 1 unspecified atom stereocenters. The van der Waals surface area contributed by atoms with Crippen LogP contribution in [-0.4, -0.2) is 29.8 Å². The predicted octanol–water partition coefficient (Wildman–Crippen LogP) is 3.29. The lowest BCUT2D eigenvalue weighted by Crippen LogP contribution is -2.28. The van der Waals surface area contributed by atoms with E-state index in [4.69, 9.17) is 4.74 Å². The molecule has 5 heteroatoms. The summed E-state index contributed by atoms with van der Waals surface area (Å²) in [6.45, 7) is 3.05. The third-order valence-electron chi connectivity index (χ3n) is 4.05. The van der Waals surface area contributed by atoms with Gasteiger partial charge in [0.1, 0.15) is 11.5 Å². The minimum absolute atomic E-state index is 0.0406. The first-order chi connectivity index (χ1) is 11.7. The Labute approximate surface area is 141 Å². The highest BCUT2D eigenvalue weighted by Gasteiger charge is 2.33. The Morgan fingerprint density at radius 1 is 1.17 bits per heavy atom. The van der Waals surface area contributed by atoms with Crippen molar-refractivity contribution >= 4 is 17.5 Å². The number of ether oxygens (including phenoxy) is 1. The second kappa shape index (κ2) is 7.17. The van der Waals surface area contributed by atoms with Crippen molar-refractivity contribution < 1.29 is 14.3 Å². The largest absolute Gasteiger partial charge is 0.457 e. The van der Waals surface area contributed by atoms with E-state index < -0.39 is 0 Å². The third kappa shape index (κ3) is 3.74. The minimum atomic E-state index is -0.295. The van der Waals surface area contributed by atoms with Gasteiger partial charge in [-0.25, -0.2) is 0 Å². The summed E-state index contributed by atoms with van der Waals surface area (Å²) in [6.07, 6.45) is 0.278. The number of carbonyl (C=O) groups is 2. The van der Waals surface area contributed by atoms with Gasteiger partial charge in [-0.1, -0.05) is 24.3 Å². The van der Waals surface area contributed by atoms with Crippen molar-refractivity contribution in [2.75, 3.05) is 18.4 Å². The Balaban J connectivity index is 1.64. The lowest BCUT2D eigenvalue weighted by atomic mass is 10.1. The standard InChI is InChI=1S/C19H20N2O3/c1-2-21-13-14(11-18(21)22)19(23)20-15-7-6-10-17(12-15)24-16-8-4-3-5-9-16/h3-10,12,14H,2,11,13H2,1H3,(H,20,23). The second-order valence-corrected chi connectivity index (χ2v) is 5.77. The highest BCUT2D eigenvalue weighted by molar-refractivity contribution is 5.97. The highest BCUT2D eigenvalue weighted by Crippen LogP contribution is 2.25. The Bertz CT molecular complexity index is 730. The molecule has 0 bridgehead atoms. The fourth-order valence-corrected chi connectivity index (χ4v) is 2.76. The summed E-state index contributed by atoms with van der Waals surface area (Å²) in [6, 6.07) is 16.7. The molecule has 2 aromatic carbocycles. The smallest absolute Gasteiger partial charge is 0.229 e. The van der Waals surface area contributed by atoms with Crippen LogP contribution < -0.4 is 10.1 Å². The zero-order valence-corrected chi connectivity index (χ0v) is 13.6. The number of para-hydroxylation sites is 1. The molecule has 1 saturated heterocycles. The van der Waals surface area contributed by atoms with Crippen LogP contribution in [0.15, 0.2) is 54.6 Å². The van der Waals surface area contributed by atoms with Gasteiger partial charge >= 0.3 is 0 Å². The van der Waals surface area contributed by atoms with E-state index in [1.54, 1.807) is 11.0 Å². The van der Waals surface area contributed by atoms with Gasteiger partial charge in [0.15, 0.2) is 0 Å². The van der Waals surface area contributed by atoms with Gasteiger partial charge in [0.05, 0.1) is 5.92 Å². The zero-order valence-electron chi connectivity index (χ0n) is 13.6. The average molecular weight is 324 g/mol. The third-order valence-corrected chi connectivity index (χ3v) is 4.05. The quantitative estimate of drug-likeness (QED) is 0.918. The molecule has 0 saturated carbocycles. The molecule has 124 valence electrons. The molecule has 1 aliphatic heterocycles. The molecule has 0 aromatic heterocycles. The van der Waals surface area contributed by atoms with E-state index in [9.17, 15) is 9.59 Å². The van der Waals surface area contributed by atoms with Gasteiger partial charge in [-0.05, 0) is 31.2 Å². The number of benzene rings is 2. The van der Waals surface area contributed by atoms with Crippen LogP contribution in [0.2, 0.25) is 0 Å². The van der Waals surface area contributed by atoms with Crippen LogP contribution >= 0.6 is 0 Å². The second-order valence-electron chi connectivity index (χ2n) is 5.77. The first-order valence-corrected chi connectivity index (χ1v) is 8.07. The first-order valence-electron chi connectivity index (χ1n) is 8.07. The Hall–Kier alpha value is -2.82. The zero-order chi connectivity index (χ0) is 16.9. The number of rotatable bonds is 5. The van der Waals surface area contributed by atoms with Crippen LogP contribution in [-0.2, 0) is 9.59 Å². The number of anilines is 1. The van der Waals surface area contributed by atoms with Crippen molar-refractivity contribution in [2.24, 2.45) is 5.92 Å². The van der Waals surface area contributed by atoms with Gasteiger partial charge in [0, 0.05) is 31.3 Å². The summed E-state index contributed by atoms with van der Waals surface area (Å²) in [5.74, 6) is 1.00. The van der Waals surface area contributed by atoms with Crippen LogP contribution in [0.3, 0.4) is 0 Å². The van der Waals surface area contributed by atoms with Crippen molar-refractivity contribution in [1.82, 2.24) is 4.90 Å². The van der Waals surface area contributed by atoms with E-state index in [0.717, 1.165) is 5.75 Å². The van der Waals surface area contributed by atoms with E-state index in [2.05, 4.69) is 5.32 Å². The van der Waals surface area contributed by atoms with E-state index in [1.165, 1.54) is 0 Å². The van der Waals surface area contributed by atoms with Gasteiger partial charge in [0.25, 0.3) is 0 Å². The number of nitrogens with one attached hydrogen (secondary N) is 1. The molecule has 3 rings (SSSR count). The van der Waals surface area contributed by atoms with Crippen LogP contribution in [0.1, 0.15) is 13.3 Å². The molecule has 0 radical (unpaired) electrons. The fourth-order valence-electron chi connectivity index (χ4n) is 2.76. The first kappa shape index (κ1) is 16.1. The minimum Gasteiger partial charge on any atom is -0.457 e. The summed E-state index contributed by atoms with van der Waals surface area (Å²) in [5, 5.41) is 2.88. The lowest BCUT2D eigenvalue weighted by Gasteiger charge is -2.14. The highest BCUT2D eigenvalue weighted by atomic mass is 16.5. The van der Waals surface area contributed by atoms with Gasteiger partial charge < -0.3 is 15.0 Å². The van der Waals surface area contributed by atoms with E-state index in [-0.39, 0.29) is 24.2 Å². The molecule has 24 heavy (non-hydrogen) atoms. The molecule has 2 aromatic rings. The summed E-state index contributed by atoms with van der Waals surface area (Å²) in [4.78, 5) is 25.8. The number of nitrogens with zero attached hydrogens (tertiary/aromatic N) is 1. The van der Waals surface area contributed by atoms with E-state index in [1.807, 2.05) is 55.5 Å². The molecule has 1 fully saturated rings. The van der Waals surface area contributed by atoms with Gasteiger partial charge in [-0.2, -0.15) is 0 Å². The van der Waals surface area contributed by atoms with Crippen LogP contribution in [0.4, 0.5) is 5.69 Å². The molecular weight excluding hydrogens is 304 g/mol.